The van der Waals surface area contributed by atoms with Crippen LogP contribution in [0.1, 0.15) is 24.3 Å². The zero-order valence-electron chi connectivity index (χ0n) is 18.8. The van der Waals surface area contributed by atoms with Crippen molar-refractivity contribution in [1.82, 2.24) is 20.4 Å². The van der Waals surface area contributed by atoms with Gasteiger partial charge in [0, 0.05) is 44.6 Å². The average molecular weight is 574 g/mol. The van der Waals surface area contributed by atoms with Gasteiger partial charge in [-0.3, -0.25) is 9.69 Å². The van der Waals surface area contributed by atoms with E-state index in [-0.39, 0.29) is 11.8 Å². The first-order chi connectivity index (χ1) is 16.9. The molecular weight excluding hydrogens is 550 g/mol. The first kappa shape index (κ1) is 26.6. The Bertz CT molecular complexity index is 1150. The number of rotatable bonds is 9. The van der Waals surface area contributed by atoms with Crippen LogP contribution in [0.15, 0.2) is 40.9 Å². The number of nitrogens with one attached hydrogen (secondary N) is 1. The van der Waals surface area contributed by atoms with Crippen molar-refractivity contribution in [2.75, 3.05) is 25.4 Å². The van der Waals surface area contributed by atoms with E-state index < -0.39 is 0 Å². The molecular formula is C24H24Cl4N4O2S. The van der Waals surface area contributed by atoms with E-state index in [0.717, 1.165) is 37.2 Å². The highest BCUT2D eigenvalue weighted by molar-refractivity contribution is 7.98. The quantitative estimate of drug-likeness (QED) is 0.290. The molecule has 11 heteroatoms. The highest BCUT2D eigenvalue weighted by Crippen LogP contribution is 2.29. The molecule has 6 nitrogen and oxygen atoms in total. The third kappa shape index (κ3) is 7.28. The van der Waals surface area contributed by atoms with E-state index in [9.17, 15) is 4.79 Å². The molecule has 1 saturated heterocycles. The molecule has 1 amide bonds. The molecule has 1 N–H and O–H groups in total. The van der Waals surface area contributed by atoms with Crippen LogP contribution in [0.4, 0.5) is 0 Å². The van der Waals surface area contributed by atoms with Gasteiger partial charge in [-0.2, -0.15) is 16.7 Å². The van der Waals surface area contributed by atoms with E-state index in [1.54, 1.807) is 30.0 Å². The monoisotopic (exact) mass is 572 g/mol. The Kier molecular flexibility index (Phi) is 9.61. The molecule has 0 spiro atoms. The average Bonchev–Trinajstić information content (AvgIpc) is 3.29. The normalized spacial score (nSPS) is 14.9. The predicted octanol–water partition coefficient (Wildman–Crippen LogP) is 6.61. The summed E-state index contributed by atoms with van der Waals surface area (Å²) in [5, 5.41) is 9.47. The van der Waals surface area contributed by atoms with Gasteiger partial charge in [0.15, 0.2) is 0 Å². The molecule has 1 aromatic heterocycles. The molecule has 1 fully saturated rings. The maximum atomic E-state index is 12.6. The number of halogens is 4. The molecule has 3 aromatic rings. The molecule has 4 rings (SSSR count). The van der Waals surface area contributed by atoms with Crippen molar-refractivity contribution in [2.24, 2.45) is 5.92 Å². The molecule has 0 unspecified atom stereocenters. The van der Waals surface area contributed by atoms with Gasteiger partial charge in [0.1, 0.15) is 0 Å². The van der Waals surface area contributed by atoms with E-state index in [1.165, 1.54) is 0 Å². The van der Waals surface area contributed by atoms with Gasteiger partial charge in [0.25, 0.3) is 0 Å². The molecule has 0 radical (unpaired) electrons. The second-order valence-electron chi connectivity index (χ2n) is 8.23. The molecule has 35 heavy (non-hydrogen) atoms. The number of thioether (sulfide) groups is 1. The second-order valence-corrected chi connectivity index (χ2v) is 11.0. The number of hydrogen-bond donors (Lipinski definition) is 1. The molecule has 1 aliphatic rings. The molecule has 1 aliphatic heterocycles. The van der Waals surface area contributed by atoms with Crippen molar-refractivity contribution in [3.63, 3.8) is 0 Å². The first-order valence-electron chi connectivity index (χ1n) is 11.2. The van der Waals surface area contributed by atoms with Gasteiger partial charge in [-0.25, -0.2) is 0 Å². The topological polar surface area (TPSA) is 71.3 Å². The SMILES string of the molecule is O=C(NCCSCc1c(Cl)cccc1Cl)C1CCN(Cc2nc(-c3ccc(Cl)cc3Cl)no2)CC1. The van der Waals surface area contributed by atoms with Crippen LogP contribution in [0.3, 0.4) is 0 Å². The van der Waals surface area contributed by atoms with Gasteiger partial charge in [0.05, 0.1) is 11.6 Å². The Balaban J connectivity index is 1.16. The van der Waals surface area contributed by atoms with Crippen LogP contribution >= 0.6 is 58.2 Å². The smallest absolute Gasteiger partial charge is 0.241 e. The largest absolute Gasteiger partial charge is 0.355 e. The van der Waals surface area contributed by atoms with Crippen molar-refractivity contribution in [3.8, 4) is 11.4 Å². The Labute approximate surface area is 228 Å². The van der Waals surface area contributed by atoms with Crippen molar-refractivity contribution in [1.29, 1.82) is 0 Å². The number of piperidine rings is 1. The Morgan fingerprint density at radius 1 is 1.09 bits per heavy atom. The predicted molar refractivity (Wildman–Crippen MR) is 143 cm³/mol. The summed E-state index contributed by atoms with van der Waals surface area (Å²) in [4.78, 5) is 19.3. The summed E-state index contributed by atoms with van der Waals surface area (Å²) in [6.45, 7) is 2.73. The lowest BCUT2D eigenvalue weighted by molar-refractivity contribution is -0.126. The summed E-state index contributed by atoms with van der Waals surface area (Å²) in [6.07, 6.45) is 1.58. The molecule has 186 valence electrons. The zero-order valence-corrected chi connectivity index (χ0v) is 22.6. The maximum absolute atomic E-state index is 12.6. The minimum atomic E-state index is 0.0142. The highest BCUT2D eigenvalue weighted by Gasteiger charge is 2.26. The summed E-state index contributed by atoms with van der Waals surface area (Å²) < 4.78 is 5.41. The fraction of sp³-hybridized carbons (Fsp3) is 0.375. The minimum absolute atomic E-state index is 0.0142. The third-order valence-electron chi connectivity index (χ3n) is 5.81. The number of benzene rings is 2. The summed E-state index contributed by atoms with van der Waals surface area (Å²) in [7, 11) is 0. The van der Waals surface area contributed by atoms with Crippen LogP contribution < -0.4 is 5.32 Å². The van der Waals surface area contributed by atoms with Gasteiger partial charge in [-0.05, 0) is 61.8 Å². The van der Waals surface area contributed by atoms with Crippen LogP contribution in [-0.2, 0) is 17.1 Å². The Morgan fingerprint density at radius 3 is 2.54 bits per heavy atom. The fourth-order valence-corrected chi connectivity index (χ4v) is 5.97. The van der Waals surface area contributed by atoms with Crippen LogP contribution in [0.2, 0.25) is 20.1 Å². The second kappa shape index (κ2) is 12.7. The van der Waals surface area contributed by atoms with Crippen LogP contribution in [0.5, 0.6) is 0 Å². The van der Waals surface area contributed by atoms with Gasteiger partial charge in [-0.15, -0.1) is 0 Å². The minimum Gasteiger partial charge on any atom is -0.355 e. The molecule has 2 aromatic carbocycles. The van der Waals surface area contributed by atoms with E-state index in [4.69, 9.17) is 50.9 Å². The van der Waals surface area contributed by atoms with E-state index in [0.29, 0.717) is 56.2 Å². The molecule has 0 atom stereocenters. The molecule has 0 bridgehead atoms. The number of hydrogen-bond acceptors (Lipinski definition) is 6. The lowest BCUT2D eigenvalue weighted by Crippen LogP contribution is -2.40. The number of carbonyl (C=O) groups is 1. The Morgan fingerprint density at radius 2 is 1.83 bits per heavy atom. The van der Waals surface area contributed by atoms with E-state index in [2.05, 4.69) is 20.4 Å². The molecule has 0 saturated carbocycles. The molecule has 2 heterocycles. The number of likely N-dealkylation sites (tertiary alicyclic amines) is 1. The summed E-state index contributed by atoms with van der Waals surface area (Å²) in [6, 6.07) is 10.7. The number of amides is 1. The standard InChI is InChI=1S/C24H24Cl4N4O2S/c25-16-4-5-17(21(28)12-16)23-30-22(34-31-23)13-32-9-6-15(7-10-32)24(33)29-8-11-35-14-18-19(26)2-1-3-20(18)27/h1-5,12,15H,6-11,13-14H2,(H,29,33). The van der Waals surface area contributed by atoms with Crippen molar-refractivity contribution in [2.45, 2.75) is 25.1 Å². The number of aromatic nitrogens is 2. The van der Waals surface area contributed by atoms with Gasteiger partial charge < -0.3 is 9.84 Å². The zero-order chi connectivity index (χ0) is 24.8. The highest BCUT2D eigenvalue weighted by atomic mass is 35.5. The van der Waals surface area contributed by atoms with Crippen molar-refractivity contribution in [3.05, 3.63) is 67.9 Å². The van der Waals surface area contributed by atoms with Gasteiger partial charge in [-0.1, -0.05) is 57.6 Å². The molecule has 0 aliphatic carbocycles. The lowest BCUT2D eigenvalue weighted by atomic mass is 9.96. The number of carbonyl (C=O) groups excluding carboxylic acids is 1. The maximum Gasteiger partial charge on any atom is 0.241 e. The number of nitrogens with zero attached hydrogens (tertiary/aromatic N) is 3. The Hall–Kier alpha value is -1.48. The van der Waals surface area contributed by atoms with Crippen molar-refractivity contribution < 1.29 is 9.32 Å². The van der Waals surface area contributed by atoms with Crippen LogP contribution in [0, 0.1) is 5.92 Å². The van der Waals surface area contributed by atoms with Gasteiger partial charge >= 0.3 is 0 Å². The summed E-state index contributed by atoms with van der Waals surface area (Å²) >= 11 is 26.3. The van der Waals surface area contributed by atoms with E-state index in [1.807, 2.05) is 18.2 Å². The van der Waals surface area contributed by atoms with Gasteiger partial charge in [0.2, 0.25) is 17.6 Å². The summed E-state index contributed by atoms with van der Waals surface area (Å²) in [5.74, 6) is 2.59. The first-order valence-corrected chi connectivity index (χ1v) is 13.9. The lowest BCUT2D eigenvalue weighted by Gasteiger charge is -2.30. The van der Waals surface area contributed by atoms with Crippen LogP contribution in [-0.4, -0.2) is 46.3 Å². The fourth-order valence-electron chi connectivity index (χ4n) is 3.88. The van der Waals surface area contributed by atoms with E-state index >= 15 is 0 Å². The summed E-state index contributed by atoms with van der Waals surface area (Å²) in [5.41, 5.74) is 1.61. The van der Waals surface area contributed by atoms with Crippen molar-refractivity contribution >= 4 is 64.1 Å². The van der Waals surface area contributed by atoms with Crippen LogP contribution in [0.25, 0.3) is 11.4 Å². The third-order valence-corrected chi connectivity index (χ3v) is 8.05.